The Hall–Kier alpha value is -1.07. The van der Waals surface area contributed by atoms with E-state index in [0.29, 0.717) is 12.3 Å². The molecule has 22 heavy (non-hydrogen) atoms. The Morgan fingerprint density at radius 2 is 2.14 bits per heavy atom. The van der Waals surface area contributed by atoms with Crippen LogP contribution in [0.4, 0.5) is 0 Å². The van der Waals surface area contributed by atoms with Crippen LogP contribution in [0.5, 0.6) is 0 Å². The summed E-state index contributed by atoms with van der Waals surface area (Å²) in [7, 11) is 1.95. The Kier molecular flexibility index (Phi) is 6.88. The zero-order valence-electron chi connectivity index (χ0n) is 14.1. The van der Waals surface area contributed by atoms with Gasteiger partial charge in [0.05, 0.1) is 5.69 Å². The summed E-state index contributed by atoms with van der Waals surface area (Å²) in [5.41, 5.74) is 9.49. The van der Waals surface area contributed by atoms with Gasteiger partial charge in [-0.1, -0.05) is 6.42 Å². The first-order valence-electron chi connectivity index (χ1n) is 7.92. The van der Waals surface area contributed by atoms with E-state index >= 15 is 0 Å². The monoisotopic (exact) mass is 328 g/mol. The largest absolute Gasteiger partial charge is 0.353 e. The van der Waals surface area contributed by atoms with E-state index in [-0.39, 0.29) is 30.4 Å². The molecule has 5 nitrogen and oxygen atoms in total. The molecular weight excluding hydrogens is 300 g/mol. The van der Waals surface area contributed by atoms with Crippen molar-refractivity contribution in [2.45, 2.75) is 65.0 Å². The van der Waals surface area contributed by atoms with Crippen molar-refractivity contribution in [3.8, 4) is 0 Å². The van der Waals surface area contributed by atoms with Crippen LogP contribution in [0, 0.1) is 19.8 Å². The molecule has 1 heterocycles. The highest BCUT2D eigenvalue weighted by molar-refractivity contribution is 5.85. The van der Waals surface area contributed by atoms with Gasteiger partial charge < -0.3 is 11.1 Å². The predicted octanol–water partition coefficient (Wildman–Crippen LogP) is 2.02. The molecule has 2 rings (SSSR count). The summed E-state index contributed by atoms with van der Waals surface area (Å²) in [6.07, 6.45) is 4.69. The van der Waals surface area contributed by atoms with Crippen LogP contribution in [0.1, 0.15) is 49.6 Å². The van der Waals surface area contributed by atoms with Crippen LogP contribution < -0.4 is 11.1 Å². The smallest absolute Gasteiger partial charge is 0.220 e. The second-order valence-electron chi connectivity index (χ2n) is 6.50. The summed E-state index contributed by atoms with van der Waals surface area (Å²) in [6.45, 7) is 6.15. The van der Waals surface area contributed by atoms with Crippen LogP contribution in [0.15, 0.2) is 0 Å². The maximum Gasteiger partial charge on any atom is 0.220 e. The van der Waals surface area contributed by atoms with Crippen molar-refractivity contribution in [3.05, 3.63) is 17.0 Å². The van der Waals surface area contributed by atoms with E-state index in [4.69, 9.17) is 5.73 Å². The molecule has 0 spiro atoms. The van der Waals surface area contributed by atoms with Gasteiger partial charge in [-0.3, -0.25) is 9.48 Å². The van der Waals surface area contributed by atoms with Crippen molar-refractivity contribution in [2.75, 3.05) is 0 Å². The van der Waals surface area contributed by atoms with Gasteiger partial charge in [0.2, 0.25) is 5.91 Å². The van der Waals surface area contributed by atoms with Gasteiger partial charge in [0.15, 0.2) is 0 Å². The number of nitrogens with two attached hydrogens (primary N) is 1. The molecule has 1 fully saturated rings. The summed E-state index contributed by atoms with van der Waals surface area (Å²) in [5, 5.41) is 7.53. The van der Waals surface area contributed by atoms with E-state index in [0.717, 1.165) is 31.4 Å². The minimum atomic E-state index is 0. The quantitative estimate of drug-likeness (QED) is 0.868. The number of carbonyl (C=O) groups excluding carboxylic acids is 1. The number of hydrogen-bond donors (Lipinski definition) is 2. The summed E-state index contributed by atoms with van der Waals surface area (Å²) in [5.74, 6) is 0.489. The third kappa shape index (κ3) is 4.46. The lowest BCUT2D eigenvalue weighted by atomic mass is 9.99. The maximum absolute atomic E-state index is 12.1. The second-order valence-corrected chi connectivity index (χ2v) is 6.50. The van der Waals surface area contributed by atoms with Crippen LogP contribution in [-0.2, 0) is 18.3 Å². The molecule has 1 aliphatic rings. The molecule has 0 saturated heterocycles. The van der Waals surface area contributed by atoms with Crippen molar-refractivity contribution >= 4 is 18.3 Å². The van der Waals surface area contributed by atoms with Crippen LogP contribution in [0.25, 0.3) is 0 Å². The minimum Gasteiger partial charge on any atom is -0.353 e. The standard InChI is InChI=1S/C16H28N4O.ClH/c1-10(8-14-11(2)19-20(4)12(14)3)18-16(21)9-13-6-5-7-15(13)17;/h10,13,15H,5-9,17H2,1-4H3,(H,18,21);1H/t10?,13-,15+;/m0./s1. The average molecular weight is 329 g/mol. The molecule has 1 unspecified atom stereocenters. The molecule has 126 valence electrons. The molecule has 1 aliphatic carbocycles. The Morgan fingerprint density at radius 1 is 1.45 bits per heavy atom. The van der Waals surface area contributed by atoms with Gasteiger partial charge in [-0.2, -0.15) is 5.10 Å². The number of aromatic nitrogens is 2. The lowest BCUT2D eigenvalue weighted by molar-refractivity contribution is -0.122. The van der Waals surface area contributed by atoms with Crippen molar-refractivity contribution < 1.29 is 4.79 Å². The number of carbonyl (C=O) groups is 1. The zero-order valence-corrected chi connectivity index (χ0v) is 14.9. The van der Waals surface area contributed by atoms with Crippen LogP contribution in [0.3, 0.4) is 0 Å². The minimum absolute atomic E-state index is 0. The highest BCUT2D eigenvalue weighted by Gasteiger charge is 2.26. The lowest BCUT2D eigenvalue weighted by Gasteiger charge is -2.18. The van der Waals surface area contributed by atoms with Gasteiger partial charge in [0.25, 0.3) is 0 Å². The molecule has 0 aliphatic heterocycles. The first-order chi connectivity index (χ1) is 9.88. The first-order valence-corrected chi connectivity index (χ1v) is 7.92. The fraction of sp³-hybridized carbons (Fsp3) is 0.750. The molecular formula is C16H29ClN4O. The number of amides is 1. The van der Waals surface area contributed by atoms with E-state index < -0.39 is 0 Å². The van der Waals surface area contributed by atoms with Gasteiger partial charge in [-0.05, 0) is 51.5 Å². The SMILES string of the molecule is Cc1nn(C)c(C)c1CC(C)NC(=O)C[C@@H]1CCC[C@H]1N.Cl. The fourth-order valence-electron chi connectivity index (χ4n) is 3.36. The Labute approximate surface area is 139 Å². The third-order valence-corrected chi connectivity index (χ3v) is 4.74. The molecule has 6 heteroatoms. The lowest BCUT2D eigenvalue weighted by Crippen LogP contribution is -2.37. The van der Waals surface area contributed by atoms with Crippen LogP contribution >= 0.6 is 12.4 Å². The molecule has 1 saturated carbocycles. The number of rotatable bonds is 5. The molecule has 0 bridgehead atoms. The average Bonchev–Trinajstić information content (AvgIpc) is 2.89. The van der Waals surface area contributed by atoms with Gasteiger partial charge in [-0.15, -0.1) is 12.4 Å². The normalized spacial score (nSPS) is 22.2. The number of nitrogens with zero attached hydrogens (tertiary/aromatic N) is 2. The summed E-state index contributed by atoms with van der Waals surface area (Å²) in [6, 6.07) is 0.325. The summed E-state index contributed by atoms with van der Waals surface area (Å²) >= 11 is 0. The Morgan fingerprint density at radius 3 is 2.64 bits per heavy atom. The Bertz CT molecular complexity index is 514. The molecule has 1 aromatic heterocycles. The number of hydrogen-bond acceptors (Lipinski definition) is 3. The number of halogens is 1. The third-order valence-electron chi connectivity index (χ3n) is 4.74. The summed E-state index contributed by atoms with van der Waals surface area (Å²) < 4.78 is 1.90. The highest BCUT2D eigenvalue weighted by atomic mass is 35.5. The first kappa shape index (κ1) is 19.0. The van der Waals surface area contributed by atoms with Gasteiger partial charge in [-0.25, -0.2) is 0 Å². The fourth-order valence-corrected chi connectivity index (χ4v) is 3.36. The van der Waals surface area contributed by atoms with Crippen molar-refractivity contribution in [1.29, 1.82) is 0 Å². The van der Waals surface area contributed by atoms with Crippen LogP contribution in [0.2, 0.25) is 0 Å². The molecule has 1 amide bonds. The molecule has 0 aromatic carbocycles. The summed E-state index contributed by atoms with van der Waals surface area (Å²) in [4.78, 5) is 12.1. The van der Waals surface area contributed by atoms with Crippen molar-refractivity contribution in [3.63, 3.8) is 0 Å². The van der Waals surface area contributed by atoms with Crippen molar-refractivity contribution in [2.24, 2.45) is 18.7 Å². The van der Waals surface area contributed by atoms with Gasteiger partial charge >= 0.3 is 0 Å². The topological polar surface area (TPSA) is 72.9 Å². The Balaban J connectivity index is 0.00000242. The maximum atomic E-state index is 12.1. The molecule has 3 N–H and O–H groups in total. The predicted molar refractivity (Wildman–Crippen MR) is 91.2 cm³/mol. The van der Waals surface area contributed by atoms with Gasteiger partial charge in [0, 0.05) is 31.2 Å². The molecule has 3 atom stereocenters. The number of aryl methyl sites for hydroxylation is 2. The van der Waals surface area contributed by atoms with Gasteiger partial charge in [0.1, 0.15) is 0 Å². The van der Waals surface area contributed by atoms with Crippen molar-refractivity contribution in [1.82, 2.24) is 15.1 Å². The van der Waals surface area contributed by atoms with E-state index in [2.05, 4.69) is 24.3 Å². The zero-order chi connectivity index (χ0) is 15.6. The highest BCUT2D eigenvalue weighted by Crippen LogP contribution is 2.26. The second kappa shape index (κ2) is 7.97. The molecule has 1 aromatic rings. The van der Waals surface area contributed by atoms with E-state index in [1.54, 1.807) is 0 Å². The van der Waals surface area contributed by atoms with E-state index in [9.17, 15) is 4.79 Å². The molecule has 0 radical (unpaired) electrons. The van der Waals surface area contributed by atoms with E-state index in [1.807, 2.05) is 18.7 Å². The number of nitrogens with one attached hydrogen (secondary N) is 1. The van der Waals surface area contributed by atoms with E-state index in [1.165, 1.54) is 11.3 Å². The van der Waals surface area contributed by atoms with Crippen LogP contribution in [-0.4, -0.2) is 27.8 Å².